The van der Waals surface area contributed by atoms with Gasteiger partial charge >= 0.3 is 0 Å². The van der Waals surface area contributed by atoms with Gasteiger partial charge in [-0.05, 0) is 85.8 Å². The van der Waals surface area contributed by atoms with E-state index in [1.807, 2.05) is 12.1 Å². The Morgan fingerprint density at radius 1 is 0.950 bits per heavy atom. The van der Waals surface area contributed by atoms with Crippen molar-refractivity contribution in [2.75, 3.05) is 68.8 Å². The molecule has 0 unspecified atom stereocenters. The quantitative estimate of drug-likeness (QED) is 0.434. The Labute approximate surface area is 241 Å². The Balaban J connectivity index is 0.981. The minimum atomic E-state index is 0.00176. The number of ether oxygens (including phenoxy) is 1. The van der Waals surface area contributed by atoms with Gasteiger partial charge in [0, 0.05) is 62.6 Å². The number of hydrogen-bond donors (Lipinski definition) is 1. The van der Waals surface area contributed by atoms with Gasteiger partial charge in [0.2, 0.25) is 0 Å². The topological polar surface area (TPSA) is 73.8 Å². The highest BCUT2D eigenvalue weighted by Gasteiger charge is 2.25. The predicted octanol–water partition coefficient (Wildman–Crippen LogP) is 4.54. The summed E-state index contributed by atoms with van der Waals surface area (Å²) in [5.41, 5.74) is 1.91. The van der Waals surface area contributed by atoms with Gasteiger partial charge in [0.1, 0.15) is 11.6 Å². The molecule has 6 rings (SSSR count). The molecule has 0 aromatic carbocycles. The molecule has 1 saturated carbocycles. The second kappa shape index (κ2) is 13.1. The van der Waals surface area contributed by atoms with Crippen molar-refractivity contribution in [1.29, 1.82) is 0 Å². The zero-order valence-electron chi connectivity index (χ0n) is 23.2. The van der Waals surface area contributed by atoms with Crippen molar-refractivity contribution in [3.05, 3.63) is 59.7 Å². The first-order valence-corrected chi connectivity index (χ1v) is 15.7. The van der Waals surface area contributed by atoms with Gasteiger partial charge in [-0.25, -0.2) is 4.98 Å². The van der Waals surface area contributed by atoms with Crippen LogP contribution in [-0.2, 0) is 4.74 Å². The summed E-state index contributed by atoms with van der Waals surface area (Å²) in [6, 6.07) is 12.8. The molecule has 2 aliphatic heterocycles. The van der Waals surface area contributed by atoms with Crippen LogP contribution in [0.25, 0.3) is 10.4 Å². The van der Waals surface area contributed by atoms with E-state index in [-0.39, 0.29) is 11.9 Å². The lowest BCUT2D eigenvalue weighted by molar-refractivity contribution is 0.0919. The molecule has 0 atom stereocenters. The van der Waals surface area contributed by atoms with Gasteiger partial charge in [0.25, 0.3) is 5.91 Å². The first-order chi connectivity index (χ1) is 19.7. The molecule has 0 bridgehead atoms. The average Bonchev–Trinajstić information content (AvgIpc) is 3.57. The number of nitrogens with zero attached hydrogens (tertiary/aromatic N) is 5. The van der Waals surface area contributed by atoms with E-state index in [9.17, 15) is 4.79 Å². The number of piperazine rings is 1. The molecule has 40 heavy (non-hydrogen) atoms. The van der Waals surface area contributed by atoms with E-state index in [2.05, 4.69) is 54.6 Å². The average molecular weight is 561 g/mol. The van der Waals surface area contributed by atoms with Crippen LogP contribution >= 0.6 is 11.3 Å². The zero-order valence-corrected chi connectivity index (χ0v) is 24.0. The van der Waals surface area contributed by atoms with Crippen molar-refractivity contribution in [2.45, 2.75) is 38.1 Å². The van der Waals surface area contributed by atoms with E-state index in [1.165, 1.54) is 29.7 Å². The third-order valence-corrected chi connectivity index (χ3v) is 9.51. The molecular weight excluding hydrogens is 520 g/mol. The Morgan fingerprint density at radius 3 is 2.38 bits per heavy atom. The highest BCUT2D eigenvalue weighted by molar-refractivity contribution is 7.13. The Kier molecular flexibility index (Phi) is 8.90. The summed E-state index contributed by atoms with van der Waals surface area (Å²) < 4.78 is 5.58. The monoisotopic (exact) mass is 560 g/mol. The van der Waals surface area contributed by atoms with Crippen LogP contribution < -0.4 is 15.1 Å². The molecule has 1 aliphatic carbocycles. The Morgan fingerprint density at radius 2 is 1.70 bits per heavy atom. The van der Waals surface area contributed by atoms with Gasteiger partial charge in [-0.3, -0.25) is 14.7 Å². The van der Waals surface area contributed by atoms with Gasteiger partial charge < -0.3 is 19.9 Å². The number of nitrogens with one attached hydrogen (secondary N) is 1. The highest BCUT2D eigenvalue weighted by atomic mass is 32.1. The molecule has 8 nitrogen and oxygen atoms in total. The Bertz CT molecular complexity index is 1220. The molecular formula is C31H40N6O2S. The molecule has 1 N–H and O–H groups in total. The van der Waals surface area contributed by atoms with E-state index >= 15 is 0 Å². The number of pyridine rings is 2. The van der Waals surface area contributed by atoms with Gasteiger partial charge in [-0.15, -0.1) is 11.3 Å². The predicted molar refractivity (Wildman–Crippen MR) is 161 cm³/mol. The summed E-state index contributed by atoms with van der Waals surface area (Å²) in [5.74, 6) is 2.92. The van der Waals surface area contributed by atoms with Gasteiger partial charge in [-0.1, -0.05) is 6.07 Å². The second-order valence-corrected chi connectivity index (χ2v) is 12.1. The summed E-state index contributed by atoms with van der Waals surface area (Å²) in [7, 11) is 0. The molecule has 2 saturated heterocycles. The maximum absolute atomic E-state index is 12.5. The van der Waals surface area contributed by atoms with E-state index in [4.69, 9.17) is 9.72 Å². The fourth-order valence-electron chi connectivity index (χ4n) is 6.13. The number of hydrogen-bond acceptors (Lipinski definition) is 8. The number of carbonyl (C=O) groups is 1. The first-order valence-electron chi connectivity index (χ1n) is 14.8. The van der Waals surface area contributed by atoms with Gasteiger partial charge in [0.05, 0.1) is 18.8 Å². The van der Waals surface area contributed by atoms with Crippen LogP contribution in [0.4, 0.5) is 11.6 Å². The van der Waals surface area contributed by atoms with Crippen molar-refractivity contribution in [2.24, 2.45) is 5.92 Å². The third kappa shape index (κ3) is 6.82. The summed E-state index contributed by atoms with van der Waals surface area (Å²) in [6.07, 6.45) is 9.12. The number of aromatic nitrogens is 2. The number of morpholine rings is 1. The van der Waals surface area contributed by atoms with Crippen LogP contribution in [-0.4, -0.2) is 85.8 Å². The van der Waals surface area contributed by atoms with E-state index in [0.717, 1.165) is 89.4 Å². The van der Waals surface area contributed by atoms with Crippen LogP contribution in [0.5, 0.6) is 0 Å². The number of rotatable bonds is 8. The third-order valence-electron chi connectivity index (χ3n) is 8.59. The van der Waals surface area contributed by atoms with Crippen molar-refractivity contribution >= 4 is 28.9 Å². The summed E-state index contributed by atoms with van der Waals surface area (Å²) in [5, 5.41) is 5.36. The second-order valence-electron chi connectivity index (χ2n) is 11.2. The molecule has 5 heterocycles. The summed E-state index contributed by atoms with van der Waals surface area (Å²) in [6.45, 7) is 8.66. The van der Waals surface area contributed by atoms with E-state index < -0.39 is 0 Å². The summed E-state index contributed by atoms with van der Waals surface area (Å²) in [4.78, 5) is 30.4. The van der Waals surface area contributed by atoms with E-state index in [1.54, 1.807) is 23.7 Å². The van der Waals surface area contributed by atoms with Crippen molar-refractivity contribution in [3.8, 4) is 10.4 Å². The standard InChI is InChI=1S/C31H40N6O2S/c38-31(25-3-1-10-32-23-25)33-27-7-5-24(6-8-27)9-11-35-12-14-36(15-13-35)29-21-26(28-4-2-20-40-28)22-30(34-29)37-16-18-39-19-17-37/h1-4,10,20-24,27H,5-9,11-19H2,(H,33,38)/t24-,27-. The van der Waals surface area contributed by atoms with Crippen molar-refractivity contribution in [1.82, 2.24) is 20.2 Å². The lowest BCUT2D eigenvalue weighted by Gasteiger charge is -2.37. The molecule has 212 valence electrons. The maximum Gasteiger partial charge on any atom is 0.253 e. The lowest BCUT2D eigenvalue weighted by Crippen LogP contribution is -2.47. The SMILES string of the molecule is O=C(N[C@H]1CC[C@H](CCN2CCN(c3cc(-c4cccs4)cc(N4CCOCC4)n3)CC2)CC1)c1cccnc1. The number of carbonyl (C=O) groups excluding carboxylic acids is 1. The van der Waals surface area contributed by atoms with Crippen molar-refractivity contribution < 1.29 is 9.53 Å². The number of amides is 1. The zero-order chi connectivity index (χ0) is 27.1. The minimum absolute atomic E-state index is 0.00176. The maximum atomic E-state index is 12.5. The minimum Gasteiger partial charge on any atom is -0.378 e. The van der Waals surface area contributed by atoms with Crippen LogP contribution in [0, 0.1) is 5.92 Å². The molecule has 0 spiro atoms. The fourth-order valence-corrected chi connectivity index (χ4v) is 6.85. The lowest BCUT2D eigenvalue weighted by atomic mass is 9.84. The van der Waals surface area contributed by atoms with Crippen molar-refractivity contribution in [3.63, 3.8) is 0 Å². The van der Waals surface area contributed by atoms with Gasteiger partial charge in [0.15, 0.2) is 0 Å². The first kappa shape index (κ1) is 27.2. The number of thiophene rings is 1. The number of anilines is 2. The molecule has 9 heteroatoms. The van der Waals surface area contributed by atoms with Gasteiger partial charge in [-0.2, -0.15) is 0 Å². The smallest absolute Gasteiger partial charge is 0.253 e. The molecule has 1 amide bonds. The largest absolute Gasteiger partial charge is 0.378 e. The fraction of sp³-hybridized carbons (Fsp3) is 0.516. The molecule has 3 fully saturated rings. The van der Waals surface area contributed by atoms with Crippen LogP contribution in [0.1, 0.15) is 42.5 Å². The summed E-state index contributed by atoms with van der Waals surface area (Å²) >= 11 is 1.79. The Hall–Kier alpha value is -3.01. The highest BCUT2D eigenvalue weighted by Crippen LogP contribution is 2.32. The molecule has 3 aliphatic rings. The molecule has 3 aromatic heterocycles. The molecule has 3 aromatic rings. The van der Waals surface area contributed by atoms with Crippen LogP contribution in [0.2, 0.25) is 0 Å². The van der Waals surface area contributed by atoms with E-state index in [0.29, 0.717) is 5.56 Å². The normalized spacial score (nSPS) is 22.3. The molecule has 0 radical (unpaired) electrons. The van der Waals surface area contributed by atoms with Crippen LogP contribution in [0.15, 0.2) is 54.2 Å². The van der Waals surface area contributed by atoms with Crippen LogP contribution in [0.3, 0.4) is 0 Å².